The average molecular weight is 214 g/mol. The quantitative estimate of drug-likeness (QED) is 0.632. The van der Waals surface area contributed by atoms with E-state index >= 15 is 0 Å². The molecule has 0 amide bonds. The lowest BCUT2D eigenvalue weighted by atomic mass is 10.1. The summed E-state index contributed by atoms with van der Waals surface area (Å²) >= 11 is 0. The number of hydrogen-bond acceptors (Lipinski definition) is 3. The topological polar surface area (TPSA) is 35.5 Å². The molecule has 0 radical (unpaired) electrons. The SMILES string of the molecule is COC(=O)c1cccc2c1=C1OCC=C1C=2. The van der Waals surface area contributed by atoms with Gasteiger partial charge in [-0.25, -0.2) is 4.79 Å². The van der Waals surface area contributed by atoms with Crippen LogP contribution in [0.15, 0.2) is 29.8 Å². The predicted molar refractivity (Wildman–Crippen MR) is 58.9 cm³/mol. The molecule has 0 spiro atoms. The Morgan fingerprint density at radius 3 is 3.12 bits per heavy atom. The van der Waals surface area contributed by atoms with Crippen LogP contribution in [0.3, 0.4) is 0 Å². The first-order valence-corrected chi connectivity index (χ1v) is 5.08. The van der Waals surface area contributed by atoms with E-state index in [1.54, 1.807) is 6.07 Å². The second-order valence-corrected chi connectivity index (χ2v) is 3.71. The number of hydrogen-bond donors (Lipinski definition) is 0. The van der Waals surface area contributed by atoms with Crippen molar-refractivity contribution >= 4 is 17.8 Å². The highest BCUT2D eigenvalue weighted by Gasteiger charge is 2.21. The minimum Gasteiger partial charge on any atom is -0.488 e. The van der Waals surface area contributed by atoms with E-state index in [9.17, 15) is 4.79 Å². The maximum Gasteiger partial charge on any atom is 0.338 e. The van der Waals surface area contributed by atoms with Gasteiger partial charge in [0.2, 0.25) is 0 Å². The van der Waals surface area contributed by atoms with Gasteiger partial charge in [0, 0.05) is 10.8 Å². The molecule has 0 atom stereocenters. The zero-order valence-corrected chi connectivity index (χ0v) is 8.82. The maximum atomic E-state index is 11.6. The number of fused-ring (bicyclic) bond motifs is 2. The molecular formula is C13H10O3. The smallest absolute Gasteiger partial charge is 0.338 e. The largest absolute Gasteiger partial charge is 0.488 e. The van der Waals surface area contributed by atoms with E-state index in [0.29, 0.717) is 12.2 Å². The summed E-state index contributed by atoms with van der Waals surface area (Å²) in [5.41, 5.74) is 1.63. The van der Waals surface area contributed by atoms with Crippen LogP contribution < -0.4 is 10.4 Å². The summed E-state index contributed by atoms with van der Waals surface area (Å²) < 4.78 is 10.3. The Kier molecular flexibility index (Phi) is 1.86. The van der Waals surface area contributed by atoms with Crippen LogP contribution in [0, 0.1) is 0 Å². The van der Waals surface area contributed by atoms with E-state index in [1.165, 1.54) is 7.11 Å². The van der Waals surface area contributed by atoms with Crippen molar-refractivity contribution in [3.63, 3.8) is 0 Å². The van der Waals surface area contributed by atoms with Gasteiger partial charge in [0.05, 0.1) is 12.7 Å². The summed E-state index contributed by atoms with van der Waals surface area (Å²) in [5, 5.41) is 1.88. The molecule has 0 unspecified atom stereocenters. The molecular weight excluding hydrogens is 204 g/mol. The van der Waals surface area contributed by atoms with E-state index in [0.717, 1.165) is 21.8 Å². The molecule has 1 aromatic carbocycles. The fourth-order valence-electron chi connectivity index (χ4n) is 2.12. The van der Waals surface area contributed by atoms with Gasteiger partial charge in [-0.05, 0) is 23.4 Å². The van der Waals surface area contributed by atoms with Crippen LogP contribution in [-0.2, 0) is 9.47 Å². The first-order chi connectivity index (χ1) is 7.81. The maximum absolute atomic E-state index is 11.6. The number of rotatable bonds is 1. The molecule has 3 heteroatoms. The molecule has 0 N–H and O–H groups in total. The minimum absolute atomic E-state index is 0.325. The van der Waals surface area contributed by atoms with Crippen LogP contribution in [-0.4, -0.2) is 19.7 Å². The summed E-state index contributed by atoms with van der Waals surface area (Å²) in [5.74, 6) is 0.477. The molecule has 1 heterocycles. The molecule has 1 aromatic rings. The number of esters is 1. The summed E-state index contributed by atoms with van der Waals surface area (Å²) in [4.78, 5) is 11.6. The van der Waals surface area contributed by atoms with Gasteiger partial charge in [-0.1, -0.05) is 12.1 Å². The first kappa shape index (κ1) is 9.21. The van der Waals surface area contributed by atoms with Crippen LogP contribution in [0.4, 0.5) is 0 Å². The third-order valence-electron chi connectivity index (χ3n) is 2.83. The molecule has 2 aliphatic rings. The van der Waals surface area contributed by atoms with E-state index in [1.807, 2.05) is 24.3 Å². The van der Waals surface area contributed by atoms with Crippen LogP contribution in [0.5, 0.6) is 0 Å². The number of benzene rings is 1. The molecule has 1 aliphatic heterocycles. The van der Waals surface area contributed by atoms with E-state index in [2.05, 4.69) is 0 Å². The van der Waals surface area contributed by atoms with Crippen LogP contribution in [0.2, 0.25) is 0 Å². The second kappa shape index (κ2) is 3.23. The van der Waals surface area contributed by atoms with E-state index in [4.69, 9.17) is 9.47 Å². The molecule has 3 rings (SSSR count). The number of ether oxygens (including phenoxy) is 2. The van der Waals surface area contributed by atoms with Crippen LogP contribution >= 0.6 is 0 Å². The van der Waals surface area contributed by atoms with Gasteiger partial charge in [0.15, 0.2) is 0 Å². The van der Waals surface area contributed by atoms with Crippen molar-refractivity contribution in [1.29, 1.82) is 0 Å². The molecule has 0 saturated heterocycles. The standard InChI is InChI=1S/C13H10O3/c1-15-13(14)10-4-2-3-8-7-9-5-6-16-12(9)11(8)10/h2-5,7H,6H2,1H3. The second-order valence-electron chi connectivity index (χ2n) is 3.71. The Hall–Kier alpha value is -2.03. The highest BCUT2D eigenvalue weighted by Crippen LogP contribution is 2.22. The highest BCUT2D eigenvalue weighted by atomic mass is 16.5. The predicted octanol–water partition coefficient (Wildman–Crippen LogP) is 0.332. The van der Waals surface area contributed by atoms with Crippen molar-refractivity contribution in [2.24, 2.45) is 0 Å². The van der Waals surface area contributed by atoms with Gasteiger partial charge in [-0.3, -0.25) is 0 Å². The lowest BCUT2D eigenvalue weighted by molar-refractivity contribution is 0.0599. The van der Waals surface area contributed by atoms with Crippen molar-refractivity contribution in [2.45, 2.75) is 0 Å². The van der Waals surface area contributed by atoms with Crippen LogP contribution in [0.1, 0.15) is 10.4 Å². The van der Waals surface area contributed by atoms with E-state index in [-0.39, 0.29) is 5.97 Å². The third-order valence-corrected chi connectivity index (χ3v) is 2.83. The Balaban J connectivity index is 2.39. The summed E-state index contributed by atoms with van der Waals surface area (Å²) in [6, 6.07) is 5.58. The zero-order valence-electron chi connectivity index (χ0n) is 8.82. The lowest BCUT2D eigenvalue weighted by Gasteiger charge is -2.02. The fraction of sp³-hybridized carbons (Fsp3) is 0.154. The summed E-state index contributed by atoms with van der Waals surface area (Å²) in [6.07, 6.45) is 4.04. The summed E-state index contributed by atoms with van der Waals surface area (Å²) in [6.45, 7) is 0.579. The van der Waals surface area contributed by atoms with Gasteiger partial charge in [0.25, 0.3) is 0 Å². The third kappa shape index (κ3) is 1.11. The number of carbonyl (C=O) groups excluding carboxylic acids is 1. The van der Waals surface area contributed by atoms with Crippen molar-refractivity contribution in [3.05, 3.63) is 45.8 Å². The Morgan fingerprint density at radius 2 is 2.31 bits per heavy atom. The minimum atomic E-state index is -0.325. The normalized spacial score (nSPS) is 15.8. The fourth-order valence-corrected chi connectivity index (χ4v) is 2.12. The van der Waals surface area contributed by atoms with Gasteiger partial charge in [-0.15, -0.1) is 0 Å². The molecule has 80 valence electrons. The van der Waals surface area contributed by atoms with Gasteiger partial charge in [0.1, 0.15) is 12.4 Å². The lowest BCUT2D eigenvalue weighted by Crippen LogP contribution is -2.30. The number of carbonyl (C=O) groups is 1. The van der Waals surface area contributed by atoms with Crippen molar-refractivity contribution in [3.8, 4) is 0 Å². The molecule has 1 aliphatic carbocycles. The first-order valence-electron chi connectivity index (χ1n) is 5.08. The monoisotopic (exact) mass is 214 g/mol. The molecule has 0 bridgehead atoms. The van der Waals surface area contributed by atoms with Crippen molar-refractivity contribution in [1.82, 2.24) is 0 Å². The molecule has 0 aromatic heterocycles. The van der Waals surface area contributed by atoms with Crippen molar-refractivity contribution in [2.75, 3.05) is 13.7 Å². The molecule has 0 saturated carbocycles. The Morgan fingerprint density at radius 1 is 1.44 bits per heavy atom. The Labute approximate surface area is 92.3 Å². The summed E-state index contributed by atoms with van der Waals surface area (Å²) in [7, 11) is 1.39. The highest BCUT2D eigenvalue weighted by molar-refractivity contribution is 5.93. The van der Waals surface area contributed by atoms with Gasteiger partial charge in [-0.2, -0.15) is 0 Å². The molecule has 16 heavy (non-hydrogen) atoms. The molecule has 3 nitrogen and oxygen atoms in total. The number of methoxy groups -OCH3 is 1. The van der Waals surface area contributed by atoms with Gasteiger partial charge < -0.3 is 9.47 Å². The van der Waals surface area contributed by atoms with E-state index < -0.39 is 0 Å². The Bertz CT molecular complexity index is 623. The zero-order chi connectivity index (χ0) is 11.1. The van der Waals surface area contributed by atoms with Crippen LogP contribution in [0.25, 0.3) is 11.8 Å². The average Bonchev–Trinajstić information content (AvgIpc) is 2.86. The molecule has 0 fully saturated rings. The van der Waals surface area contributed by atoms with Crippen molar-refractivity contribution < 1.29 is 14.3 Å². The van der Waals surface area contributed by atoms with Gasteiger partial charge >= 0.3 is 5.97 Å².